The summed E-state index contributed by atoms with van der Waals surface area (Å²) >= 11 is 0. The second kappa shape index (κ2) is 4.84. The van der Waals surface area contributed by atoms with Gasteiger partial charge >= 0.3 is 6.18 Å². The Morgan fingerprint density at radius 3 is 2.61 bits per heavy atom. The maximum atomic E-state index is 12.9. The van der Waals surface area contributed by atoms with E-state index in [4.69, 9.17) is 4.74 Å². The lowest BCUT2D eigenvalue weighted by Gasteiger charge is -2.12. The van der Waals surface area contributed by atoms with E-state index in [0.717, 1.165) is 12.5 Å². The Bertz CT molecular complexity index is 551. The minimum Gasteiger partial charge on any atom is -0.478 e. The van der Waals surface area contributed by atoms with E-state index in [2.05, 4.69) is 4.98 Å². The second-order valence-electron chi connectivity index (χ2n) is 3.87. The lowest BCUT2D eigenvalue weighted by molar-refractivity contribution is -0.136. The SMILES string of the molecule is CCCOc1cc(C(F)(F)F)c2ccccc2n1. The first kappa shape index (κ1) is 12.7. The van der Waals surface area contributed by atoms with Crippen LogP contribution < -0.4 is 4.74 Å². The molecule has 0 amide bonds. The number of ether oxygens (including phenoxy) is 1. The summed E-state index contributed by atoms with van der Waals surface area (Å²) in [4.78, 5) is 4.06. The van der Waals surface area contributed by atoms with Crippen molar-refractivity contribution < 1.29 is 17.9 Å². The Morgan fingerprint density at radius 1 is 1.22 bits per heavy atom. The van der Waals surface area contributed by atoms with Gasteiger partial charge in [-0.2, -0.15) is 13.2 Å². The topological polar surface area (TPSA) is 22.1 Å². The number of benzene rings is 1. The number of para-hydroxylation sites is 1. The fraction of sp³-hybridized carbons (Fsp3) is 0.308. The summed E-state index contributed by atoms with van der Waals surface area (Å²) in [5.74, 6) is 0.0166. The van der Waals surface area contributed by atoms with E-state index in [9.17, 15) is 13.2 Å². The van der Waals surface area contributed by atoms with Gasteiger partial charge in [-0.25, -0.2) is 4.98 Å². The zero-order valence-electron chi connectivity index (χ0n) is 9.79. The molecule has 0 saturated carbocycles. The quantitative estimate of drug-likeness (QED) is 0.825. The molecule has 0 fully saturated rings. The molecule has 0 aliphatic rings. The molecule has 0 spiro atoms. The number of nitrogens with zero attached hydrogens (tertiary/aromatic N) is 1. The van der Waals surface area contributed by atoms with E-state index in [0.29, 0.717) is 12.1 Å². The van der Waals surface area contributed by atoms with Gasteiger partial charge in [0.15, 0.2) is 0 Å². The first-order chi connectivity index (χ1) is 8.52. The van der Waals surface area contributed by atoms with Crippen molar-refractivity contribution in [2.75, 3.05) is 6.61 Å². The largest absolute Gasteiger partial charge is 0.478 e. The van der Waals surface area contributed by atoms with Crippen LogP contribution in [0.2, 0.25) is 0 Å². The van der Waals surface area contributed by atoms with Crippen molar-refractivity contribution in [1.82, 2.24) is 4.98 Å². The molecular weight excluding hydrogens is 243 g/mol. The van der Waals surface area contributed by atoms with Crippen molar-refractivity contribution in [3.8, 4) is 5.88 Å². The minimum atomic E-state index is -4.41. The molecule has 0 aliphatic heterocycles. The van der Waals surface area contributed by atoms with Crippen LogP contribution in [-0.4, -0.2) is 11.6 Å². The summed E-state index contributed by atoms with van der Waals surface area (Å²) in [5, 5.41) is 0.0915. The van der Waals surface area contributed by atoms with Gasteiger partial charge in [-0.15, -0.1) is 0 Å². The van der Waals surface area contributed by atoms with Crippen LogP contribution in [0, 0.1) is 0 Å². The number of fused-ring (bicyclic) bond motifs is 1. The molecule has 2 nitrogen and oxygen atoms in total. The normalized spacial score (nSPS) is 11.8. The predicted molar refractivity (Wildman–Crippen MR) is 62.5 cm³/mol. The minimum absolute atomic E-state index is 0.0166. The lowest BCUT2D eigenvalue weighted by Crippen LogP contribution is -2.08. The Labute approximate surface area is 102 Å². The molecule has 0 unspecified atom stereocenters. The first-order valence-corrected chi connectivity index (χ1v) is 5.62. The third kappa shape index (κ3) is 2.55. The summed E-state index contributed by atoms with van der Waals surface area (Å²) in [6.45, 7) is 2.23. The molecule has 2 rings (SSSR count). The lowest BCUT2D eigenvalue weighted by atomic mass is 10.1. The Morgan fingerprint density at radius 2 is 1.94 bits per heavy atom. The molecule has 0 bridgehead atoms. The zero-order chi connectivity index (χ0) is 13.2. The highest BCUT2D eigenvalue weighted by molar-refractivity contribution is 5.83. The van der Waals surface area contributed by atoms with Gasteiger partial charge in [-0.1, -0.05) is 25.1 Å². The van der Waals surface area contributed by atoms with Crippen molar-refractivity contribution in [1.29, 1.82) is 0 Å². The van der Waals surface area contributed by atoms with Crippen molar-refractivity contribution in [3.05, 3.63) is 35.9 Å². The van der Waals surface area contributed by atoms with Crippen LogP contribution in [0.15, 0.2) is 30.3 Å². The van der Waals surface area contributed by atoms with E-state index in [-0.39, 0.29) is 11.3 Å². The van der Waals surface area contributed by atoms with Gasteiger partial charge in [0.25, 0.3) is 0 Å². The average Bonchev–Trinajstić information content (AvgIpc) is 2.34. The number of aromatic nitrogens is 1. The van der Waals surface area contributed by atoms with Gasteiger partial charge in [0.2, 0.25) is 5.88 Å². The third-order valence-corrected chi connectivity index (χ3v) is 2.45. The molecule has 96 valence electrons. The van der Waals surface area contributed by atoms with Crippen molar-refractivity contribution in [3.63, 3.8) is 0 Å². The van der Waals surface area contributed by atoms with Gasteiger partial charge in [-0.3, -0.25) is 0 Å². The number of rotatable bonds is 3. The summed E-state index contributed by atoms with van der Waals surface area (Å²) in [6, 6.07) is 7.13. The molecule has 0 aliphatic carbocycles. The molecular formula is C13H12F3NO. The molecule has 1 heterocycles. The van der Waals surface area contributed by atoms with Crippen LogP contribution in [0.3, 0.4) is 0 Å². The molecule has 5 heteroatoms. The number of halogens is 3. The van der Waals surface area contributed by atoms with Gasteiger partial charge in [-0.05, 0) is 12.5 Å². The number of pyridine rings is 1. The van der Waals surface area contributed by atoms with Gasteiger partial charge in [0, 0.05) is 11.5 Å². The van der Waals surface area contributed by atoms with Crippen LogP contribution in [0.1, 0.15) is 18.9 Å². The van der Waals surface area contributed by atoms with Crippen LogP contribution in [0.4, 0.5) is 13.2 Å². The van der Waals surface area contributed by atoms with E-state index in [1.54, 1.807) is 18.2 Å². The summed E-state index contributed by atoms with van der Waals surface area (Å²) < 4.78 is 44.0. The van der Waals surface area contributed by atoms with E-state index >= 15 is 0 Å². The van der Waals surface area contributed by atoms with Gasteiger partial charge in [0.05, 0.1) is 17.7 Å². The fourth-order valence-electron chi connectivity index (χ4n) is 1.67. The third-order valence-electron chi connectivity index (χ3n) is 2.45. The number of hydrogen-bond acceptors (Lipinski definition) is 2. The van der Waals surface area contributed by atoms with Crippen LogP contribution in [-0.2, 0) is 6.18 Å². The number of alkyl halides is 3. The van der Waals surface area contributed by atoms with Crippen molar-refractivity contribution >= 4 is 10.9 Å². The van der Waals surface area contributed by atoms with Gasteiger partial charge < -0.3 is 4.74 Å². The standard InChI is InChI=1S/C13H12F3NO/c1-2-7-18-12-8-10(13(14,15)16)9-5-3-4-6-11(9)17-12/h3-6,8H,2,7H2,1H3. The van der Waals surface area contributed by atoms with Crippen LogP contribution in [0.25, 0.3) is 10.9 Å². The highest BCUT2D eigenvalue weighted by Crippen LogP contribution is 2.36. The van der Waals surface area contributed by atoms with Crippen molar-refractivity contribution in [2.45, 2.75) is 19.5 Å². The van der Waals surface area contributed by atoms with E-state index in [1.807, 2.05) is 6.92 Å². The smallest absolute Gasteiger partial charge is 0.417 e. The Balaban J connectivity index is 2.57. The van der Waals surface area contributed by atoms with E-state index in [1.165, 1.54) is 6.07 Å². The molecule has 2 aromatic rings. The summed E-state index contributed by atoms with van der Waals surface area (Å²) in [5.41, 5.74) is -0.419. The molecule has 0 atom stereocenters. The zero-order valence-corrected chi connectivity index (χ0v) is 9.79. The molecule has 1 aromatic carbocycles. The Kier molecular flexibility index (Phi) is 3.41. The van der Waals surface area contributed by atoms with Gasteiger partial charge in [0.1, 0.15) is 0 Å². The monoisotopic (exact) mass is 255 g/mol. The average molecular weight is 255 g/mol. The molecule has 0 saturated heterocycles. The van der Waals surface area contributed by atoms with Crippen LogP contribution in [0.5, 0.6) is 5.88 Å². The summed E-state index contributed by atoms with van der Waals surface area (Å²) in [6.07, 6.45) is -3.69. The fourth-order valence-corrected chi connectivity index (χ4v) is 1.67. The molecule has 0 N–H and O–H groups in total. The Hall–Kier alpha value is -1.78. The van der Waals surface area contributed by atoms with Crippen LogP contribution >= 0.6 is 0 Å². The number of hydrogen-bond donors (Lipinski definition) is 0. The van der Waals surface area contributed by atoms with E-state index < -0.39 is 11.7 Å². The second-order valence-corrected chi connectivity index (χ2v) is 3.87. The molecule has 1 aromatic heterocycles. The maximum absolute atomic E-state index is 12.9. The highest BCUT2D eigenvalue weighted by Gasteiger charge is 2.33. The predicted octanol–water partition coefficient (Wildman–Crippen LogP) is 4.04. The first-order valence-electron chi connectivity index (χ1n) is 5.62. The summed E-state index contributed by atoms with van der Waals surface area (Å²) in [7, 11) is 0. The highest BCUT2D eigenvalue weighted by atomic mass is 19.4. The molecule has 0 radical (unpaired) electrons. The molecule has 18 heavy (non-hydrogen) atoms. The maximum Gasteiger partial charge on any atom is 0.417 e. The van der Waals surface area contributed by atoms with Crippen molar-refractivity contribution in [2.24, 2.45) is 0 Å².